The first kappa shape index (κ1) is 27.3. The molecule has 4 unspecified atom stereocenters. The maximum absolute atomic E-state index is 14.9. The summed E-state index contributed by atoms with van der Waals surface area (Å²) in [6, 6.07) is 25.2. The quantitative estimate of drug-likeness (QED) is 0.171. The Morgan fingerprint density at radius 2 is 1.64 bits per heavy atom. The lowest BCUT2D eigenvalue weighted by atomic mass is 9.64. The Morgan fingerprint density at radius 3 is 2.39 bits per heavy atom. The van der Waals surface area contributed by atoms with Crippen LogP contribution < -0.4 is 15.0 Å². The van der Waals surface area contributed by atoms with Gasteiger partial charge in [-0.3, -0.25) is 24.5 Å². The van der Waals surface area contributed by atoms with Gasteiger partial charge in [0.1, 0.15) is 17.2 Å². The largest absolute Gasteiger partial charge is 0.497 e. The van der Waals surface area contributed by atoms with Gasteiger partial charge in [0.15, 0.2) is 11.6 Å². The van der Waals surface area contributed by atoms with E-state index in [9.17, 15) is 24.5 Å². The van der Waals surface area contributed by atoms with Gasteiger partial charge >= 0.3 is 0 Å². The maximum Gasteiger partial charge on any atom is 0.269 e. The van der Waals surface area contributed by atoms with E-state index in [1.807, 2.05) is 60.4 Å². The van der Waals surface area contributed by atoms with E-state index in [1.54, 1.807) is 30.3 Å². The van der Waals surface area contributed by atoms with Crippen LogP contribution in [0.4, 0.5) is 17.1 Å². The number of hydrogen-bond donors (Lipinski definition) is 1. The molecule has 1 N–H and O–H groups in total. The number of fused-ring (bicyclic) bond motifs is 6. The Balaban J connectivity index is 1.53. The summed E-state index contributed by atoms with van der Waals surface area (Å²) in [5.41, 5.74) is 2.67. The van der Waals surface area contributed by atoms with Crippen molar-refractivity contribution >= 4 is 40.1 Å². The number of amides is 1. The molecule has 9 nitrogen and oxygen atoms in total. The third-order valence-corrected chi connectivity index (χ3v) is 9.15. The predicted octanol–water partition coefficient (Wildman–Crippen LogP) is 5.85. The van der Waals surface area contributed by atoms with Gasteiger partial charge in [0.2, 0.25) is 5.91 Å². The second kappa shape index (κ2) is 10.0. The summed E-state index contributed by atoms with van der Waals surface area (Å²) < 4.78 is 5.42. The minimum absolute atomic E-state index is 0.155. The Hall–Kier alpha value is -5.57. The fourth-order valence-electron chi connectivity index (χ4n) is 7.26. The number of allylic oxidation sites excluding steroid dienone is 1. The zero-order valence-electron chi connectivity index (χ0n) is 23.9. The number of nitrogens with one attached hydrogen (secondary N) is 1. The summed E-state index contributed by atoms with van der Waals surface area (Å²) in [6.07, 6.45) is 1.99. The van der Waals surface area contributed by atoms with Gasteiger partial charge in [0, 0.05) is 40.2 Å². The number of nitro groups is 1. The molecule has 3 aliphatic rings. The molecule has 1 amide bonds. The number of ketones is 2. The number of non-ortho nitro benzene ring substituents is 1. The molecule has 0 aliphatic carbocycles. The number of para-hydroxylation sites is 2. The molecule has 0 radical (unpaired) electrons. The molecule has 3 aliphatic heterocycles. The second-order valence-corrected chi connectivity index (χ2v) is 11.3. The molecule has 1 saturated heterocycles. The molecule has 4 atom stereocenters. The van der Waals surface area contributed by atoms with E-state index in [1.165, 1.54) is 31.4 Å². The fraction of sp³-hybridized carbons (Fsp3) is 0.171. The normalized spacial score (nSPS) is 22.9. The van der Waals surface area contributed by atoms with E-state index in [2.05, 4.69) is 5.32 Å². The van der Waals surface area contributed by atoms with Crippen molar-refractivity contribution in [2.75, 3.05) is 17.3 Å². The van der Waals surface area contributed by atoms with E-state index < -0.39 is 34.1 Å². The average Bonchev–Trinajstić information content (AvgIpc) is 3.52. The van der Waals surface area contributed by atoms with Gasteiger partial charge in [-0.15, -0.1) is 0 Å². The van der Waals surface area contributed by atoms with E-state index in [0.29, 0.717) is 22.6 Å². The molecule has 1 spiro atoms. The van der Waals surface area contributed by atoms with Crippen LogP contribution >= 0.6 is 0 Å². The van der Waals surface area contributed by atoms with E-state index in [-0.39, 0.29) is 22.9 Å². The number of nitro benzene ring substituents is 1. The van der Waals surface area contributed by atoms with Crippen LogP contribution in [0.25, 0.3) is 5.57 Å². The van der Waals surface area contributed by atoms with Crippen molar-refractivity contribution in [1.29, 1.82) is 0 Å². The number of benzene rings is 4. The van der Waals surface area contributed by atoms with Crippen molar-refractivity contribution in [1.82, 2.24) is 0 Å². The Bertz CT molecular complexity index is 1920. The summed E-state index contributed by atoms with van der Waals surface area (Å²) in [5, 5.41) is 14.4. The number of rotatable bonds is 6. The van der Waals surface area contributed by atoms with Crippen LogP contribution in [0, 0.1) is 16.0 Å². The van der Waals surface area contributed by atoms with Gasteiger partial charge in [-0.05, 0) is 54.5 Å². The highest BCUT2D eigenvalue weighted by Gasteiger charge is 2.70. The van der Waals surface area contributed by atoms with Gasteiger partial charge in [-0.25, -0.2) is 0 Å². The molecule has 7 rings (SSSR count). The van der Waals surface area contributed by atoms with Crippen molar-refractivity contribution in [2.45, 2.75) is 24.4 Å². The second-order valence-electron chi connectivity index (χ2n) is 11.3. The van der Waals surface area contributed by atoms with Gasteiger partial charge < -0.3 is 15.0 Å². The van der Waals surface area contributed by atoms with Crippen LogP contribution in [0.15, 0.2) is 103 Å². The first-order valence-electron chi connectivity index (χ1n) is 14.2. The molecule has 218 valence electrons. The van der Waals surface area contributed by atoms with Crippen LogP contribution in [0.5, 0.6) is 5.75 Å². The fourth-order valence-corrected chi connectivity index (χ4v) is 7.26. The van der Waals surface area contributed by atoms with E-state index >= 15 is 0 Å². The molecule has 1 fully saturated rings. The summed E-state index contributed by atoms with van der Waals surface area (Å²) >= 11 is 0. The lowest BCUT2D eigenvalue weighted by molar-refractivity contribution is -0.384. The van der Waals surface area contributed by atoms with Gasteiger partial charge in [-0.1, -0.05) is 54.6 Å². The number of ether oxygens (including phenoxy) is 1. The lowest BCUT2D eigenvalue weighted by Gasteiger charge is -2.39. The minimum Gasteiger partial charge on any atom is -0.497 e. The predicted molar refractivity (Wildman–Crippen MR) is 165 cm³/mol. The average molecular weight is 586 g/mol. The molecular weight excluding hydrogens is 558 g/mol. The Kier molecular flexibility index (Phi) is 6.21. The molecule has 4 aromatic carbocycles. The smallest absolute Gasteiger partial charge is 0.269 e. The topological polar surface area (TPSA) is 119 Å². The first-order valence-corrected chi connectivity index (χ1v) is 14.2. The molecule has 0 aromatic heterocycles. The zero-order valence-corrected chi connectivity index (χ0v) is 23.9. The minimum atomic E-state index is -1.47. The third kappa shape index (κ3) is 3.75. The number of nitrogens with zero attached hydrogens (tertiary/aromatic N) is 2. The number of Topliss-reactive ketones (excluding diaryl/α,β-unsaturated/α-hetero) is 2. The molecular formula is C35H27N3O6. The number of carbonyl (C=O) groups is 3. The summed E-state index contributed by atoms with van der Waals surface area (Å²) in [6.45, 7) is 1.97. The molecule has 0 bridgehead atoms. The van der Waals surface area contributed by atoms with Crippen LogP contribution in [-0.4, -0.2) is 41.6 Å². The number of anilines is 2. The standard InChI is InChI=1S/C35H27N3O6/c1-20-18-29-35(26-11-4-5-12-27(26)36-34(35)41)30(32(39)22-8-7-9-24(19-22)44-2)31(37(29)28-13-6-3-10-25(20)28)33(40)21-14-16-23(17-15-21)38(42)43/h3-19,29-31H,1-2H3,(H,36,41). The van der Waals surface area contributed by atoms with Gasteiger partial charge in [0.25, 0.3) is 5.69 Å². The van der Waals surface area contributed by atoms with Crippen molar-refractivity contribution in [2.24, 2.45) is 5.92 Å². The summed E-state index contributed by atoms with van der Waals surface area (Å²) in [7, 11) is 1.51. The maximum atomic E-state index is 14.9. The van der Waals surface area contributed by atoms with Crippen LogP contribution in [0.1, 0.15) is 38.8 Å². The highest BCUT2D eigenvalue weighted by atomic mass is 16.6. The van der Waals surface area contributed by atoms with Crippen molar-refractivity contribution in [3.63, 3.8) is 0 Å². The van der Waals surface area contributed by atoms with Crippen molar-refractivity contribution < 1.29 is 24.0 Å². The first-order chi connectivity index (χ1) is 21.3. The highest BCUT2D eigenvalue weighted by Crippen LogP contribution is 2.58. The lowest BCUT2D eigenvalue weighted by Crippen LogP contribution is -2.51. The summed E-state index contributed by atoms with van der Waals surface area (Å²) in [5.74, 6) is -1.85. The molecule has 3 heterocycles. The van der Waals surface area contributed by atoms with Gasteiger partial charge in [-0.2, -0.15) is 0 Å². The highest BCUT2D eigenvalue weighted by molar-refractivity contribution is 6.18. The van der Waals surface area contributed by atoms with Crippen LogP contribution in [-0.2, 0) is 10.2 Å². The monoisotopic (exact) mass is 585 g/mol. The van der Waals surface area contributed by atoms with Crippen molar-refractivity contribution in [3.8, 4) is 5.75 Å². The van der Waals surface area contributed by atoms with Crippen LogP contribution in [0.2, 0.25) is 0 Å². The summed E-state index contributed by atoms with van der Waals surface area (Å²) in [4.78, 5) is 56.9. The number of methoxy groups -OCH3 is 1. The molecule has 44 heavy (non-hydrogen) atoms. The van der Waals surface area contributed by atoms with Gasteiger partial charge in [0.05, 0.1) is 24.0 Å². The third-order valence-electron chi connectivity index (χ3n) is 9.15. The number of hydrogen-bond acceptors (Lipinski definition) is 7. The molecule has 9 heteroatoms. The zero-order chi connectivity index (χ0) is 30.7. The Labute approximate surface area is 252 Å². The van der Waals surface area contributed by atoms with E-state index in [0.717, 1.165) is 16.8 Å². The molecule has 4 aromatic rings. The molecule has 0 saturated carbocycles. The SMILES string of the molecule is COc1cccc(C(=O)C2C(C(=O)c3ccc([N+](=O)[O-])cc3)N3c4ccccc4C(C)=CC3C23C(=O)Nc2ccccc23)c1. The van der Waals surface area contributed by atoms with E-state index in [4.69, 9.17) is 4.74 Å². The van der Waals surface area contributed by atoms with Crippen molar-refractivity contribution in [3.05, 3.63) is 136 Å². The Morgan fingerprint density at radius 1 is 0.909 bits per heavy atom. The van der Waals surface area contributed by atoms with Crippen LogP contribution in [0.3, 0.4) is 0 Å². The number of carbonyl (C=O) groups excluding carboxylic acids is 3.